The van der Waals surface area contributed by atoms with Gasteiger partial charge in [0.15, 0.2) is 5.78 Å². The van der Waals surface area contributed by atoms with Crippen LogP contribution in [0.1, 0.15) is 28.8 Å². The van der Waals surface area contributed by atoms with Gasteiger partial charge in [-0.25, -0.2) is 0 Å². The van der Waals surface area contributed by atoms with Gasteiger partial charge in [0, 0.05) is 12.0 Å². The third-order valence-electron chi connectivity index (χ3n) is 2.93. The van der Waals surface area contributed by atoms with Crippen LogP contribution in [0.3, 0.4) is 0 Å². The maximum atomic E-state index is 11.4. The van der Waals surface area contributed by atoms with Crippen molar-refractivity contribution in [3.05, 3.63) is 29.3 Å². The van der Waals surface area contributed by atoms with Crippen LogP contribution in [0, 0.1) is 0 Å². The predicted molar refractivity (Wildman–Crippen MR) is 75.3 cm³/mol. The predicted octanol–water partition coefficient (Wildman–Crippen LogP) is 1.20. The van der Waals surface area contributed by atoms with Gasteiger partial charge in [0.05, 0.1) is 33.5 Å². The zero-order valence-corrected chi connectivity index (χ0v) is 11.8. The highest BCUT2D eigenvalue weighted by molar-refractivity contribution is 5.98. The van der Waals surface area contributed by atoms with Crippen molar-refractivity contribution < 1.29 is 24.5 Å². The first-order valence-electron chi connectivity index (χ1n) is 6.72. The summed E-state index contributed by atoms with van der Waals surface area (Å²) in [5.41, 5.74) is 2.02. The number of ether oxygens (including phenoxy) is 2. The number of carbonyl (C=O) groups excluding carboxylic acids is 1. The van der Waals surface area contributed by atoms with E-state index in [9.17, 15) is 4.79 Å². The molecule has 0 aromatic heterocycles. The Kier molecular flexibility index (Phi) is 7.87. The smallest absolute Gasteiger partial charge is 0.163 e. The van der Waals surface area contributed by atoms with Crippen molar-refractivity contribution in [3.8, 4) is 5.75 Å². The van der Waals surface area contributed by atoms with Gasteiger partial charge < -0.3 is 19.7 Å². The van der Waals surface area contributed by atoms with Crippen LogP contribution in [0.4, 0.5) is 0 Å². The molecule has 0 fully saturated rings. The normalized spacial score (nSPS) is 13.2. The molecule has 20 heavy (non-hydrogen) atoms. The zero-order valence-electron chi connectivity index (χ0n) is 11.8. The minimum Gasteiger partial charge on any atom is -0.497 e. The minimum absolute atomic E-state index is 0.0278. The number of carbonyl (C=O) groups is 1. The lowest BCUT2D eigenvalue weighted by molar-refractivity contribution is 0.0650. The molecule has 0 heterocycles. The first-order valence-corrected chi connectivity index (χ1v) is 6.72. The van der Waals surface area contributed by atoms with Crippen LogP contribution in [-0.4, -0.2) is 49.5 Å². The molecular weight excluding hydrogens is 260 g/mol. The van der Waals surface area contributed by atoms with Crippen molar-refractivity contribution in [2.45, 2.75) is 19.3 Å². The molecule has 1 aliphatic carbocycles. The van der Waals surface area contributed by atoms with Crippen LogP contribution < -0.4 is 4.74 Å². The molecule has 5 heteroatoms. The van der Waals surface area contributed by atoms with E-state index >= 15 is 0 Å². The second-order valence-electron chi connectivity index (χ2n) is 4.36. The SMILES string of the molecule is COc1ccc2c(c1)CCCC2=O.OCCOCCO. The van der Waals surface area contributed by atoms with Crippen LogP contribution in [0.2, 0.25) is 0 Å². The van der Waals surface area contributed by atoms with Crippen LogP contribution >= 0.6 is 0 Å². The van der Waals surface area contributed by atoms with Gasteiger partial charge in [0.2, 0.25) is 0 Å². The Morgan fingerprint density at radius 1 is 1.15 bits per heavy atom. The number of fused-ring (bicyclic) bond motifs is 1. The number of hydrogen-bond donors (Lipinski definition) is 2. The Morgan fingerprint density at radius 3 is 2.45 bits per heavy atom. The van der Waals surface area contributed by atoms with Crippen LogP contribution in [0.5, 0.6) is 5.75 Å². The first kappa shape index (κ1) is 16.6. The van der Waals surface area contributed by atoms with Gasteiger partial charge in [0.1, 0.15) is 5.75 Å². The third kappa shape index (κ3) is 5.28. The summed E-state index contributed by atoms with van der Waals surface area (Å²) < 4.78 is 9.74. The van der Waals surface area contributed by atoms with Gasteiger partial charge in [0.25, 0.3) is 0 Å². The van der Waals surface area contributed by atoms with Gasteiger partial charge in [-0.05, 0) is 36.6 Å². The van der Waals surface area contributed by atoms with Gasteiger partial charge in [-0.2, -0.15) is 0 Å². The fourth-order valence-electron chi connectivity index (χ4n) is 1.98. The summed E-state index contributed by atoms with van der Waals surface area (Å²) in [6, 6.07) is 5.68. The maximum absolute atomic E-state index is 11.4. The summed E-state index contributed by atoms with van der Waals surface area (Å²) in [4.78, 5) is 11.4. The van der Waals surface area contributed by atoms with Gasteiger partial charge in [-0.1, -0.05) is 0 Å². The number of aryl methyl sites for hydroxylation is 1. The molecule has 0 amide bonds. The Morgan fingerprint density at radius 2 is 1.85 bits per heavy atom. The molecule has 0 atom stereocenters. The maximum Gasteiger partial charge on any atom is 0.163 e. The minimum atomic E-state index is 0.0278. The summed E-state index contributed by atoms with van der Waals surface area (Å²) in [7, 11) is 1.65. The molecule has 1 aromatic carbocycles. The molecule has 2 rings (SSSR count). The van der Waals surface area contributed by atoms with Gasteiger partial charge in [-0.3, -0.25) is 4.79 Å². The summed E-state index contributed by atoms with van der Waals surface area (Å²) >= 11 is 0. The van der Waals surface area contributed by atoms with E-state index < -0.39 is 0 Å². The summed E-state index contributed by atoms with van der Waals surface area (Å²) in [6.45, 7) is 0.696. The number of hydrogen-bond acceptors (Lipinski definition) is 5. The molecule has 2 N–H and O–H groups in total. The molecular formula is C15H22O5. The molecule has 0 saturated carbocycles. The number of Topliss-reactive ketones (excluding diaryl/α,β-unsaturated/α-hetero) is 1. The molecule has 5 nitrogen and oxygen atoms in total. The van der Waals surface area contributed by atoms with E-state index in [4.69, 9.17) is 14.9 Å². The highest BCUT2D eigenvalue weighted by atomic mass is 16.5. The molecule has 0 saturated heterocycles. The van der Waals surface area contributed by atoms with E-state index in [0.29, 0.717) is 19.6 Å². The van der Waals surface area contributed by atoms with E-state index in [0.717, 1.165) is 29.7 Å². The van der Waals surface area contributed by atoms with E-state index in [1.54, 1.807) is 7.11 Å². The molecule has 0 radical (unpaired) electrons. The Labute approximate surface area is 119 Å². The summed E-state index contributed by atoms with van der Waals surface area (Å²) in [6.07, 6.45) is 2.66. The van der Waals surface area contributed by atoms with E-state index in [1.807, 2.05) is 18.2 Å². The topological polar surface area (TPSA) is 76.0 Å². The fraction of sp³-hybridized carbons (Fsp3) is 0.533. The summed E-state index contributed by atoms with van der Waals surface area (Å²) in [5, 5.41) is 16.2. The molecule has 1 aliphatic rings. The number of benzene rings is 1. The molecule has 0 aliphatic heterocycles. The molecule has 0 spiro atoms. The van der Waals surface area contributed by atoms with Crippen molar-refractivity contribution >= 4 is 5.78 Å². The molecule has 0 unspecified atom stereocenters. The largest absolute Gasteiger partial charge is 0.497 e. The van der Waals surface area contributed by atoms with Gasteiger partial charge >= 0.3 is 0 Å². The van der Waals surface area contributed by atoms with E-state index in [-0.39, 0.29) is 19.0 Å². The number of methoxy groups -OCH3 is 1. The lowest BCUT2D eigenvalue weighted by Crippen LogP contribution is -2.10. The highest BCUT2D eigenvalue weighted by Gasteiger charge is 2.16. The van der Waals surface area contributed by atoms with Gasteiger partial charge in [-0.15, -0.1) is 0 Å². The molecule has 1 aromatic rings. The Hall–Kier alpha value is -1.43. The second kappa shape index (κ2) is 9.47. The standard InChI is InChI=1S/C11H12O2.C4H10O3/c1-13-9-5-6-10-8(7-9)3-2-4-11(10)12;5-1-3-7-4-2-6/h5-7H,2-4H2,1H3;5-6H,1-4H2. The van der Waals surface area contributed by atoms with E-state index in [2.05, 4.69) is 4.74 Å². The zero-order chi connectivity index (χ0) is 14.8. The van der Waals surface area contributed by atoms with E-state index in [1.165, 1.54) is 0 Å². The Balaban J connectivity index is 0.000000246. The van der Waals surface area contributed by atoms with Crippen LogP contribution in [-0.2, 0) is 11.2 Å². The monoisotopic (exact) mass is 282 g/mol. The lowest BCUT2D eigenvalue weighted by atomic mass is 9.91. The number of ketones is 1. The Bertz CT molecular complexity index is 413. The van der Waals surface area contributed by atoms with Crippen molar-refractivity contribution in [1.29, 1.82) is 0 Å². The summed E-state index contributed by atoms with van der Waals surface area (Å²) in [5.74, 6) is 1.11. The first-order chi connectivity index (χ1) is 9.72. The number of rotatable bonds is 5. The second-order valence-corrected chi connectivity index (χ2v) is 4.36. The highest BCUT2D eigenvalue weighted by Crippen LogP contribution is 2.24. The molecule has 0 bridgehead atoms. The van der Waals surface area contributed by atoms with Crippen LogP contribution in [0.25, 0.3) is 0 Å². The average molecular weight is 282 g/mol. The van der Waals surface area contributed by atoms with Crippen molar-refractivity contribution in [1.82, 2.24) is 0 Å². The fourth-order valence-corrected chi connectivity index (χ4v) is 1.98. The van der Waals surface area contributed by atoms with Crippen LogP contribution in [0.15, 0.2) is 18.2 Å². The third-order valence-corrected chi connectivity index (χ3v) is 2.93. The quantitative estimate of drug-likeness (QED) is 0.794. The lowest BCUT2D eigenvalue weighted by Gasteiger charge is -2.14. The number of aliphatic hydroxyl groups is 2. The number of aliphatic hydroxyl groups excluding tert-OH is 2. The van der Waals surface area contributed by atoms with Crippen molar-refractivity contribution in [3.63, 3.8) is 0 Å². The molecule has 112 valence electrons. The van der Waals surface area contributed by atoms with Crippen molar-refractivity contribution in [2.75, 3.05) is 33.5 Å². The average Bonchev–Trinajstić information content (AvgIpc) is 2.48. The van der Waals surface area contributed by atoms with Crippen molar-refractivity contribution in [2.24, 2.45) is 0 Å².